The zero-order valence-electron chi connectivity index (χ0n) is 18.4. The second kappa shape index (κ2) is 9.61. The molecule has 0 aliphatic rings. The van der Waals surface area contributed by atoms with Gasteiger partial charge in [-0.3, -0.25) is 9.78 Å². The summed E-state index contributed by atoms with van der Waals surface area (Å²) in [6.45, 7) is 2.14. The highest BCUT2D eigenvalue weighted by Gasteiger charge is 2.24. The summed E-state index contributed by atoms with van der Waals surface area (Å²) in [4.78, 5) is 31.8. The van der Waals surface area contributed by atoms with Gasteiger partial charge < -0.3 is 9.64 Å². The third kappa shape index (κ3) is 4.90. The third-order valence-electron chi connectivity index (χ3n) is 5.62. The van der Waals surface area contributed by atoms with Crippen LogP contribution in [-0.4, -0.2) is 28.9 Å². The van der Waals surface area contributed by atoms with E-state index in [9.17, 15) is 14.0 Å². The highest BCUT2D eigenvalue weighted by atomic mass is 19.1. The minimum absolute atomic E-state index is 0.214. The number of carbonyl (C=O) groups is 2. The zero-order chi connectivity index (χ0) is 23.4. The number of carbonyl (C=O) groups excluding carboxylic acids is 2. The van der Waals surface area contributed by atoms with Crippen LogP contribution in [0.3, 0.4) is 0 Å². The van der Waals surface area contributed by atoms with E-state index in [2.05, 4.69) is 4.98 Å². The number of hydrogen-bond acceptors (Lipinski definition) is 4. The van der Waals surface area contributed by atoms with Crippen LogP contribution in [-0.2, 0) is 11.3 Å². The Bertz CT molecular complexity index is 1300. The number of para-hydroxylation sites is 1. The lowest BCUT2D eigenvalue weighted by molar-refractivity contribution is 0.0600. The fourth-order valence-corrected chi connectivity index (χ4v) is 3.77. The van der Waals surface area contributed by atoms with E-state index in [1.54, 1.807) is 41.4 Å². The Morgan fingerprint density at radius 2 is 1.73 bits per heavy atom. The molecule has 1 aromatic heterocycles. The third-order valence-corrected chi connectivity index (χ3v) is 5.62. The number of aromatic nitrogens is 1. The molecule has 33 heavy (non-hydrogen) atoms. The number of fused-ring (bicyclic) bond motifs is 1. The van der Waals surface area contributed by atoms with Crippen LogP contribution in [0.2, 0.25) is 0 Å². The van der Waals surface area contributed by atoms with Gasteiger partial charge >= 0.3 is 5.97 Å². The number of methoxy groups -OCH3 is 1. The van der Waals surface area contributed by atoms with Crippen molar-refractivity contribution in [3.8, 4) is 0 Å². The van der Waals surface area contributed by atoms with Crippen LogP contribution in [0.4, 0.5) is 4.39 Å². The first-order valence-electron chi connectivity index (χ1n) is 10.5. The molecule has 4 rings (SSSR count). The fraction of sp³-hybridized carbons (Fsp3) is 0.148. The molecular weight excluding hydrogens is 419 g/mol. The molecule has 3 aromatic carbocycles. The Morgan fingerprint density at radius 3 is 2.48 bits per heavy atom. The Kier molecular flexibility index (Phi) is 6.45. The molecule has 1 atom stereocenters. The van der Waals surface area contributed by atoms with E-state index in [1.807, 2.05) is 43.3 Å². The normalized spacial score (nSPS) is 11.7. The van der Waals surface area contributed by atoms with Gasteiger partial charge in [0.1, 0.15) is 5.82 Å². The number of ether oxygens (including phenoxy) is 1. The molecule has 1 heterocycles. The summed E-state index contributed by atoms with van der Waals surface area (Å²) in [5, 5.41) is 0.866. The van der Waals surface area contributed by atoms with Crippen LogP contribution in [0, 0.1) is 5.82 Å². The molecule has 6 heteroatoms. The Hall–Kier alpha value is -4.06. The summed E-state index contributed by atoms with van der Waals surface area (Å²) in [6.07, 6.45) is 1.57. The van der Waals surface area contributed by atoms with E-state index in [0.717, 1.165) is 22.0 Å². The molecule has 0 spiro atoms. The van der Waals surface area contributed by atoms with Crippen molar-refractivity contribution in [1.82, 2.24) is 9.88 Å². The van der Waals surface area contributed by atoms with Gasteiger partial charge in [-0.1, -0.05) is 42.5 Å². The van der Waals surface area contributed by atoms with Crippen molar-refractivity contribution in [2.75, 3.05) is 7.11 Å². The number of esters is 1. The highest BCUT2D eigenvalue weighted by molar-refractivity contribution is 5.97. The quantitative estimate of drug-likeness (QED) is 0.367. The van der Waals surface area contributed by atoms with E-state index < -0.39 is 5.97 Å². The van der Waals surface area contributed by atoms with Crippen LogP contribution >= 0.6 is 0 Å². The molecule has 0 aliphatic heterocycles. The molecule has 0 fully saturated rings. The minimum Gasteiger partial charge on any atom is -0.465 e. The van der Waals surface area contributed by atoms with Crippen LogP contribution < -0.4 is 0 Å². The Morgan fingerprint density at radius 1 is 0.970 bits per heavy atom. The largest absolute Gasteiger partial charge is 0.465 e. The van der Waals surface area contributed by atoms with E-state index in [0.29, 0.717) is 11.1 Å². The lowest BCUT2D eigenvalue weighted by Gasteiger charge is -2.30. The molecule has 0 N–H and O–H groups in total. The van der Waals surface area contributed by atoms with Gasteiger partial charge in [0.2, 0.25) is 0 Å². The first kappa shape index (κ1) is 22.1. The maximum absolute atomic E-state index is 13.7. The molecule has 0 aliphatic carbocycles. The Labute approximate surface area is 191 Å². The summed E-state index contributed by atoms with van der Waals surface area (Å²) in [5.74, 6) is -0.998. The fourth-order valence-electron chi connectivity index (χ4n) is 3.77. The van der Waals surface area contributed by atoms with E-state index in [1.165, 1.54) is 19.2 Å². The number of nitrogens with zero attached hydrogens (tertiary/aromatic N) is 2. The predicted molar refractivity (Wildman–Crippen MR) is 124 cm³/mol. The molecule has 0 saturated carbocycles. The summed E-state index contributed by atoms with van der Waals surface area (Å²) in [5.41, 5.74) is 3.23. The first-order valence-corrected chi connectivity index (χ1v) is 10.5. The Balaban J connectivity index is 1.72. The van der Waals surface area contributed by atoms with Gasteiger partial charge in [0.15, 0.2) is 0 Å². The molecule has 4 aromatic rings. The number of pyridine rings is 1. The molecule has 5 nitrogen and oxygen atoms in total. The van der Waals surface area contributed by atoms with Crippen molar-refractivity contribution in [1.29, 1.82) is 0 Å². The number of halogens is 1. The highest BCUT2D eigenvalue weighted by Crippen LogP contribution is 2.26. The van der Waals surface area contributed by atoms with Gasteiger partial charge in [0.25, 0.3) is 5.91 Å². The monoisotopic (exact) mass is 442 g/mol. The number of hydrogen-bond donors (Lipinski definition) is 0. The van der Waals surface area contributed by atoms with Gasteiger partial charge in [0, 0.05) is 18.1 Å². The van der Waals surface area contributed by atoms with Crippen molar-refractivity contribution in [2.45, 2.75) is 19.5 Å². The topological polar surface area (TPSA) is 59.5 Å². The minimum atomic E-state index is -0.444. The molecule has 1 amide bonds. The van der Waals surface area contributed by atoms with Crippen molar-refractivity contribution >= 4 is 22.8 Å². The predicted octanol–water partition coefficient (Wildman–Crippen LogP) is 5.56. The maximum atomic E-state index is 13.7. The molecule has 0 saturated heterocycles. The van der Waals surface area contributed by atoms with Gasteiger partial charge in [-0.25, -0.2) is 9.18 Å². The second-order valence-electron chi connectivity index (χ2n) is 7.77. The van der Waals surface area contributed by atoms with Gasteiger partial charge in [-0.15, -0.1) is 0 Å². The SMILES string of the molecule is COC(=O)c1cccc(CN(C(=O)c2cnc3ccccc3c2)[C@H](C)c2ccc(F)cc2)c1. The van der Waals surface area contributed by atoms with Crippen LogP contribution in [0.15, 0.2) is 85.1 Å². The van der Waals surface area contributed by atoms with E-state index >= 15 is 0 Å². The first-order chi connectivity index (χ1) is 16.0. The zero-order valence-corrected chi connectivity index (χ0v) is 18.4. The van der Waals surface area contributed by atoms with E-state index in [-0.39, 0.29) is 24.3 Å². The standard InChI is InChI=1S/C27H23FN2O3/c1-18(20-10-12-24(28)13-11-20)30(17-19-6-5-8-22(14-19)27(32)33-2)26(31)23-15-21-7-3-4-9-25(21)29-16-23/h3-16,18H,17H2,1-2H3/t18-/m1/s1. The molecular formula is C27H23FN2O3. The molecule has 0 radical (unpaired) electrons. The number of benzene rings is 3. The molecule has 0 bridgehead atoms. The smallest absolute Gasteiger partial charge is 0.337 e. The summed E-state index contributed by atoms with van der Waals surface area (Å²) < 4.78 is 18.3. The average Bonchev–Trinajstić information content (AvgIpc) is 2.86. The summed E-state index contributed by atoms with van der Waals surface area (Å²) in [7, 11) is 1.33. The van der Waals surface area contributed by atoms with Crippen LogP contribution in [0.25, 0.3) is 10.9 Å². The number of amides is 1. The average molecular weight is 442 g/mol. The van der Waals surface area contributed by atoms with Gasteiger partial charge in [0.05, 0.1) is 29.8 Å². The van der Waals surface area contributed by atoms with Crippen molar-refractivity contribution < 1.29 is 18.7 Å². The van der Waals surface area contributed by atoms with Crippen molar-refractivity contribution in [3.63, 3.8) is 0 Å². The van der Waals surface area contributed by atoms with Crippen molar-refractivity contribution in [3.05, 3.63) is 113 Å². The molecule has 0 unspecified atom stereocenters. The number of rotatable bonds is 6. The second-order valence-corrected chi connectivity index (χ2v) is 7.77. The maximum Gasteiger partial charge on any atom is 0.337 e. The lowest BCUT2D eigenvalue weighted by atomic mass is 10.0. The summed E-state index contributed by atoms with van der Waals surface area (Å²) >= 11 is 0. The van der Waals surface area contributed by atoms with Crippen LogP contribution in [0.1, 0.15) is 44.8 Å². The van der Waals surface area contributed by atoms with Crippen molar-refractivity contribution in [2.24, 2.45) is 0 Å². The van der Waals surface area contributed by atoms with Gasteiger partial charge in [-0.05, 0) is 54.4 Å². The molecule has 166 valence electrons. The summed E-state index contributed by atoms with van der Waals surface area (Å²) in [6, 6.07) is 22.1. The van der Waals surface area contributed by atoms with E-state index in [4.69, 9.17) is 4.74 Å². The lowest BCUT2D eigenvalue weighted by Crippen LogP contribution is -2.33. The van der Waals surface area contributed by atoms with Crippen LogP contribution in [0.5, 0.6) is 0 Å². The van der Waals surface area contributed by atoms with Gasteiger partial charge in [-0.2, -0.15) is 0 Å².